The number of hydrogen-bond acceptors (Lipinski definition) is 12. The van der Waals surface area contributed by atoms with Crippen molar-refractivity contribution in [2.24, 2.45) is 0 Å². The number of hydrogen-bond donors (Lipinski definition) is 6. The van der Waals surface area contributed by atoms with Crippen molar-refractivity contribution >= 4 is 16.9 Å². The lowest BCUT2D eigenvalue weighted by atomic mass is 10.0. The third-order valence-electron chi connectivity index (χ3n) is 5.13. The van der Waals surface area contributed by atoms with Gasteiger partial charge in [-0.1, -0.05) is 0 Å². The second-order valence-corrected chi connectivity index (χ2v) is 7.60. The minimum absolute atomic E-state index is 0.0652. The fourth-order valence-corrected chi connectivity index (χ4v) is 3.55. The number of carbonyl (C=O) groups is 1. The van der Waals surface area contributed by atoms with E-state index in [-0.39, 0.29) is 40.4 Å². The van der Waals surface area contributed by atoms with Crippen LogP contribution < -0.4 is 10.2 Å². The Hall–Kier alpha value is -4.00. The van der Waals surface area contributed by atoms with Crippen molar-refractivity contribution in [1.29, 1.82) is 0 Å². The predicted molar refractivity (Wildman–Crippen MR) is 113 cm³/mol. The molecule has 1 fully saturated rings. The van der Waals surface area contributed by atoms with Crippen LogP contribution in [0.1, 0.15) is 6.92 Å². The van der Waals surface area contributed by atoms with Crippen LogP contribution in [0.2, 0.25) is 0 Å². The molecule has 0 aliphatic carbocycles. The van der Waals surface area contributed by atoms with Crippen molar-refractivity contribution in [3.8, 4) is 40.1 Å². The summed E-state index contributed by atoms with van der Waals surface area (Å²) in [5.74, 6) is -3.17. The molecule has 4 atom stereocenters. The van der Waals surface area contributed by atoms with Gasteiger partial charge in [-0.25, -0.2) is 0 Å². The van der Waals surface area contributed by atoms with Crippen LogP contribution in [-0.2, 0) is 14.3 Å². The van der Waals surface area contributed by atoms with Crippen LogP contribution in [0.25, 0.3) is 22.3 Å². The Morgan fingerprint density at radius 1 is 0.971 bits per heavy atom. The number of fused-ring (bicyclic) bond motifs is 1. The summed E-state index contributed by atoms with van der Waals surface area (Å²) in [5, 5.41) is 60.1. The lowest BCUT2D eigenvalue weighted by Gasteiger charge is -2.36. The first kappa shape index (κ1) is 23.2. The zero-order chi connectivity index (χ0) is 24.7. The first-order valence-corrected chi connectivity index (χ1v) is 9.93. The van der Waals surface area contributed by atoms with E-state index in [4.69, 9.17) is 18.6 Å². The molecule has 2 heterocycles. The zero-order valence-electron chi connectivity index (χ0n) is 17.5. The van der Waals surface area contributed by atoms with E-state index in [1.54, 1.807) is 0 Å². The van der Waals surface area contributed by atoms with Crippen LogP contribution in [0.15, 0.2) is 39.5 Å². The molecule has 1 aliphatic rings. The third kappa shape index (κ3) is 4.29. The Balaban J connectivity index is 1.74. The summed E-state index contributed by atoms with van der Waals surface area (Å²) >= 11 is 0. The SMILES string of the molecule is CC(=O)O[C@H]1CO[C@H](Oc2cc(O)c(O)cc2-c2cc(=O)c3c(O)cc(O)cc3o2)[C@H](O)[C@@H]1O. The van der Waals surface area contributed by atoms with E-state index in [1.165, 1.54) is 0 Å². The van der Waals surface area contributed by atoms with Gasteiger partial charge in [-0.3, -0.25) is 9.59 Å². The molecule has 4 rings (SSSR count). The van der Waals surface area contributed by atoms with Gasteiger partial charge in [-0.05, 0) is 6.07 Å². The highest BCUT2D eigenvalue weighted by atomic mass is 16.7. The normalized spacial score (nSPS) is 22.4. The smallest absolute Gasteiger partial charge is 0.303 e. The van der Waals surface area contributed by atoms with E-state index < -0.39 is 53.2 Å². The highest BCUT2D eigenvalue weighted by Crippen LogP contribution is 2.41. The molecular weight excluding hydrogens is 456 g/mol. The minimum atomic E-state index is -1.68. The average Bonchev–Trinajstić information content (AvgIpc) is 2.74. The van der Waals surface area contributed by atoms with Gasteiger partial charge in [0.1, 0.15) is 46.2 Å². The quantitative estimate of drug-likeness (QED) is 0.228. The van der Waals surface area contributed by atoms with Crippen LogP contribution >= 0.6 is 0 Å². The molecule has 0 unspecified atom stereocenters. The van der Waals surface area contributed by atoms with Crippen LogP contribution in [0.5, 0.6) is 28.7 Å². The molecule has 0 radical (unpaired) electrons. The van der Waals surface area contributed by atoms with E-state index in [0.717, 1.165) is 37.3 Å². The van der Waals surface area contributed by atoms with E-state index in [1.807, 2.05) is 0 Å². The van der Waals surface area contributed by atoms with Crippen molar-refractivity contribution in [2.45, 2.75) is 31.5 Å². The Kier molecular flexibility index (Phi) is 5.96. The molecule has 34 heavy (non-hydrogen) atoms. The van der Waals surface area contributed by atoms with E-state index in [9.17, 15) is 40.2 Å². The summed E-state index contributed by atoms with van der Waals surface area (Å²) in [6.45, 7) is 0.815. The maximum Gasteiger partial charge on any atom is 0.303 e. The van der Waals surface area contributed by atoms with Gasteiger partial charge in [0.2, 0.25) is 6.29 Å². The van der Waals surface area contributed by atoms with Crippen molar-refractivity contribution in [1.82, 2.24) is 0 Å². The fraction of sp³-hybridized carbons (Fsp3) is 0.273. The highest BCUT2D eigenvalue weighted by molar-refractivity contribution is 5.86. The lowest BCUT2D eigenvalue weighted by Crippen LogP contribution is -2.56. The van der Waals surface area contributed by atoms with E-state index in [0.29, 0.717) is 0 Å². The Bertz CT molecular complexity index is 1310. The summed E-state index contributed by atoms with van der Waals surface area (Å²) < 4.78 is 21.5. The molecule has 0 spiro atoms. The second-order valence-electron chi connectivity index (χ2n) is 7.60. The van der Waals surface area contributed by atoms with Crippen molar-refractivity contribution in [2.75, 3.05) is 6.61 Å². The van der Waals surface area contributed by atoms with Crippen LogP contribution in [0.4, 0.5) is 0 Å². The largest absolute Gasteiger partial charge is 0.508 e. The van der Waals surface area contributed by atoms with Gasteiger partial charge in [0.25, 0.3) is 0 Å². The highest BCUT2D eigenvalue weighted by Gasteiger charge is 2.42. The number of aliphatic hydroxyl groups excluding tert-OH is 2. The molecule has 0 bridgehead atoms. The third-order valence-corrected chi connectivity index (χ3v) is 5.13. The van der Waals surface area contributed by atoms with Gasteiger partial charge in [-0.2, -0.15) is 0 Å². The van der Waals surface area contributed by atoms with Crippen LogP contribution in [0.3, 0.4) is 0 Å². The van der Waals surface area contributed by atoms with Gasteiger partial charge in [0.05, 0.1) is 12.2 Å². The Labute approximate surface area is 190 Å². The molecule has 0 saturated carbocycles. The number of ether oxygens (including phenoxy) is 3. The Morgan fingerprint density at radius 2 is 1.68 bits per heavy atom. The zero-order valence-corrected chi connectivity index (χ0v) is 17.5. The summed E-state index contributed by atoms with van der Waals surface area (Å²) in [7, 11) is 0. The molecule has 1 saturated heterocycles. The summed E-state index contributed by atoms with van der Waals surface area (Å²) in [6, 6.07) is 5.04. The number of benzene rings is 2. The van der Waals surface area contributed by atoms with Gasteiger partial charge in [-0.15, -0.1) is 0 Å². The fourth-order valence-electron chi connectivity index (χ4n) is 3.55. The summed E-state index contributed by atoms with van der Waals surface area (Å²) in [5.41, 5.74) is -0.919. The molecule has 1 aliphatic heterocycles. The number of rotatable bonds is 4. The number of phenolic OH excluding ortho intramolecular Hbond substituents is 4. The lowest BCUT2D eigenvalue weighted by molar-refractivity contribution is -0.247. The first-order chi connectivity index (χ1) is 16.0. The van der Waals surface area contributed by atoms with Gasteiger partial charge in [0, 0.05) is 31.2 Å². The van der Waals surface area contributed by atoms with Crippen LogP contribution in [0, 0.1) is 0 Å². The molecule has 0 amide bonds. The molecule has 12 heteroatoms. The maximum absolute atomic E-state index is 12.6. The predicted octanol–water partition coefficient (Wildman–Crippen LogP) is 0.671. The van der Waals surface area contributed by atoms with Gasteiger partial charge >= 0.3 is 5.97 Å². The van der Waals surface area contributed by atoms with Gasteiger partial charge in [0.15, 0.2) is 23.0 Å². The Morgan fingerprint density at radius 3 is 2.38 bits per heavy atom. The first-order valence-electron chi connectivity index (χ1n) is 9.93. The summed E-state index contributed by atoms with van der Waals surface area (Å²) in [6.07, 6.45) is -5.87. The molecular formula is C22H20O12. The molecule has 6 N–H and O–H groups in total. The topological polar surface area (TPSA) is 196 Å². The maximum atomic E-state index is 12.6. The van der Waals surface area contributed by atoms with Crippen LogP contribution in [-0.4, -0.2) is 67.8 Å². The minimum Gasteiger partial charge on any atom is -0.508 e. The number of esters is 1. The molecule has 180 valence electrons. The monoisotopic (exact) mass is 476 g/mol. The number of aromatic hydroxyl groups is 4. The number of carbonyl (C=O) groups excluding carboxylic acids is 1. The summed E-state index contributed by atoms with van der Waals surface area (Å²) in [4.78, 5) is 23.7. The van der Waals surface area contributed by atoms with Crippen molar-refractivity contribution in [3.05, 3.63) is 40.6 Å². The molecule has 3 aromatic rings. The van der Waals surface area contributed by atoms with E-state index in [2.05, 4.69) is 0 Å². The second kappa shape index (κ2) is 8.74. The van der Waals surface area contributed by atoms with E-state index >= 15 is 0 Å². The molecule has 2 aromatic carbocycles. The molecule has 1 aromatic heterocycles. The van der Waals surface area contributed by atoms with Gasteiger partial charge < -0.3 is 49.3 Å². The average molecular weight is 476 g/mol. The standard InChI is InChI=1S/C22H20O12/c1-8(23)32-18-7-31-22(21(30)20(18)29)34-16-5-12(26)11(25)4-10(16)15-6-14(28)19-13(27)2-9(24)3-17(19)33-15/h2-6,18,20-22,24-27,29-30H,7H2,1H3/t18-,20+,21+,22+/m0/s1. The van der Waals surface area contributed by atoms with Crippen molar-refractivity contribution < 1.29 is 54.1 Å². The van der Waals surface area contributed by atoms with Crippen molar-refractivity contribution in [3.63, 3.8) is 0 Å². The number of aliphatic hydroxyl groups is 2. The number of phenols is 4. The molecule has 12 nitrogen and oxygen atoms in total.